The summed E-state index contributed by atoms with van der Waals surface area (Å²) in [7, 11) is 0. The summed E-state index contributed by atoms with van der Waals surface area (Å²) in [6.07, 6.45) is 8.59. The van der Waals surface area contributed by atoms with Crippen LogP contribution in [0.15, 0.2) is 24.5 Å². The van der Waals surface area contributed by atoms with Crippen molar-refractivity contribution in [2.45, 2.75) is 45.2 Å². The van der Waals surface area contributed by atoms with Gasteiger partial charge in [-0.1, -0.05) is 0 Å². The maximum Gasteiger partial charge on any atom is 0.236 e. The molecule has 5 rings (SSSR count). The highest BCUT2D eigenvalue weighted by molar-refractivity contribution is 5.78. The van der Waals surface area contributed by atoms with Crippen molar-refractivity contribution in [3.63, 3.8) is 0 Å². The fourth-order valence-electron chi connectivity index (χ4n) is 4.98. The van der Waals surface area contributed by atoms with Gasteiger partial charge in [-0.15, -0.1) is 0 Å². The minimum atomic E-state index is 0.285. The van der Waals surface area contributed by atoms with Crippen LogP contribution >= 0.6 is 0 Å². The SMILES string of the molecule is Cc1cc(-n2cc3c(n2)CCN(CC(=O)N2CCC(N4CCCC4)C2)C3)ccn1. The molecule has 1 atom stereocenters. The first-order valence-corrected chi connectivity index (χ1v) is 10.9. The molecule has 0 bridgehead atoms. The van der Waals surface area contributed by atoms with Gasteiger partial charge in [-0.25, -0.2) is 4.68 Å². The van der Waals surface area contributed by atoms with Crippen molar-refractivity contribution in [3.8, 4) is 5.69 Å². The van der Waals surface area contributed by atoms with Gasteiger partial charge >= 0.3 is 0 Å². The first kappa shape index (κ1) is 18.8. The van der Waals surface area contributed by atoms with Crippen LogP contribution in [-0.4, -0.2) is 80.7 Å². The predicted octanol–water partition coefficient (Wildman–Crippen LogP) is 1.63. The fraction of sp³-hybridized carbons (Fsp3) is 0.591. The first-order chi connectivity index (χ1) is 14.2. The van der Waals surface area contributed by atoms with Crippen molar-refractivity contribution < 1.29 is 4.79 Å². The van der Waals surface area contributed by atoms with E-state index in [0.717, 1.165) is 56.1 Å². The minimum Gasteiger partial charge on any atom is -0.340 e. The lowest BCUT2D eigenvalue weighted by Gasteiger charge is -2.28. The second kappa shape index (κ2) is 7.88. The van der Waals surface area contributed by atoms with Crippen LogP contribution in [0.3, 0.4) is 0 Å². The lowest BCUT2D eigenvalue weighted by Crippen LogP contribution is -2.43. The van der Waals surface area contributed by atoms with Crippen molar-refractivity contribution in [2.75, 3.05) is 39.3 Å². The normalized spacial score (nSPS) is 22.9. The molecule has 0 aliphatic carbocycles. The number of pyridine rings is 1. The van der Waals surface area contributed by atoms with E-state index in [1.54, 1.807) is 0 Å². The number of rotatable bonds is 4. The molecule has 5 heterocycles. The van der Waals surface area contributed by atoms with Crippen LogP contribution in [0.1, 0.15) is 36.2 Å². The molecule has 154 valence electrons. The van der Waals surface area contributed by atoms with Crippen molar-refractivity contribution in [1.29, 1.82) is 0 Å². The molecule has 1 unspecified atom stereocenters. The molecule has 0 aromatic carbocycles. The van der Waals surface area contributed by atoms with Crippen molar-refractivity contribution >= 4 is 5.91 Å². The number of hydrogen-bond donors (Lipinski definition) is 0. The van der Waals surface area contributed by atoms with E-state index in [4.69, 9.17) is 5.10 Å². The molecular formula is C22H30N6O. The third-order valence-electron chi connectivity index (χ3n) is 6.61. The molecule has 29 heavy (non-hydrogen) atoms. The van der Waals surface area contributed by atoms with Crippen LogP contribution in [-0.2, 0) is 17.8 Å². The van der Waals surface area contributed by atoms with Crippen molar-refractivity contribution in [3.05, 3.63) is 41.5 Å². The number of amides is 1. The standard InChI is InChI=1S/C22H30N6O/c1-17-12-19(4-7-23-17)28-14-18-13-25(10-6-21(18)24-28)16-22(29)27-11-5-20(15-27)26-8-2-3-9-26/h4,7,12,14,20H,2-3,5-6,8-11,13,15-16H2,1H3. The number of nitrogens with zero attached hydrogens (tertiary/aromatic N) is 6. The maximum absolute atomic E-state index is 12.9. The van der Waals surface area contributed by atoms with E-state index in [9.17, 15) is 4.79 Å². The molecule has 0 saturated carbocycles. The molecule has 2 aromatic rings. The second-order valence-corrected chi connectivity index (χ2v) is 8.69. The highest BCUT2D eigenvalue weighted by Gasteiger charge is 2.32. The highest BCUT2D eigenvalue weighted by atomic mass is 16.2. The minimum absolute atomic E-state index is 0.285. The predicted molar refractivity (Wildman–Crippen MR) is 111 cm³/mol. The first-order valence-electron chi connectivity index (χ1n) is 10.9. The van der Waals surface area contributed by atoms with E-state index in [-0.39, 0.29) is 5.91 Å². The number of aromatic nitrogens is 3. The third kappa shape index (κ3) is 3.94. The largest absolute Gasteiger partial charge is 0.340 e. The van der Waals surface area contributed by atoms with Crippen LogP contribution in [0, 0.1) is 6.92 Å². The molecule has 3 aliphatic rings. The lowest BCUT2D eigenvalue weighted by atomic mass is 10.1. The van der Waals surface area contributed by atoms with E-state index in [2.05, 4.69) is 25.9 Å². The molecule has 3 aliphatic heterocycles. The van der Waals surface area contributed by atoms with E-state index in [1.165, 1.54) is 31.5 Å². The number of carbonyl (C=O) groups excluding carboxylic acids is 1. The molecule has 7 heteroatoms. The molecule has 2 fully saturated rings. The fourth-order valence-corrected chi connectivity index (χ4v) is 4.98. The average molecular weight is 395 g/mol. The number of likely N-dealkylation sites (tertiary alicyclic amines) is 2. The molecule has 2 saturated heterocycles. The molecule has 0 spiro atoms. The van der Waals surface area contributed by atoms with Gasteiger partial charge in [-0.05, 0) is 51.4 Å². The summed E-state index contributed by atoms with van der Waals surface area (Å²) in [6.45, 7) is 8.46. The Morgan fingerprint density at radius 2 is 2.07 bits per heavy atom. The summed E-state index contributed by atoms with van der Waals surface area (Å²) in [5.74, 6) is 0.285. The summed E-state index contributed by atoms with van der Waals surface area (Å²) in [5.41, 5.74) is 4.41. The number of aryl methyl sites for hydroxylation is 1. The Morgan fingerprint density at radius 3 is 2.90 bits per heavy atom. The van der Waals surface area contributed by atoms with Crippen LogP contribution in [0.5, 0.6) is 0 Å². The van der Waals surface area contributed by atoms with Gasteiger partial charge in [0.1, 0.15) is 0 Å². The average Bonchev–Trinajstić information content (AvgIpc) is 3.46. The Kier molecular flexibility index (Phi) is 5.09. The van der Waals surface area contributed by atoms with Gasteiger partial charge in [0.05, 0.1) is 17.9 Å². The number of carbonyl (C=O) groups is 1. The van der Waals surface area contributed by atoms with Gasteiger partial charge in [-0.2, -0.15) is 5.10 Å². The quantitative estimate of drug-likeness (QED) is 0.789. The Hall–Kier alpha value is -2.25. The van der Waals surface area contributed by atoms with Gasteiger partial charge in [0.25, 0.3) is 0 Å². The molecular weight excluding hydrogens is 364 g/mol. The van der Waals surface area contributed by atoms with Gasteiger partial charge in [0.2, 0.25) is 5.91 Å². The molecule has 2 aromatic heterocycles. The van der Waals surface area contributed by atoms with E-state index in [0.29, 0.717) is 12.6 Å². The molecule has 1 amide bonds. The lowest BCUT2D eigenvalue weighted by molar-refractivity contribution is -0.131. The summed E-state index contributed by atoms with van der Waals surface area (Å²) >= 11 is 0. The summed E-state index contributed by atoms with van der Waals surface area (Å²) in [4.78, 5) is 24.1. The Morgan fingerprint density at radius 1 is 1.21 bits per heavy atom. The maximum atomic E-state index is 12.9. The van der Waals surface area contributed by atoms with Crippen LogP contribution < -0.4 is 0 Å². The zero-order chi connectivity index (χ0) is 19.8. The van der Waals surface area contributed by atoms with Crippen LogP contribution in [0.25, 0.3) is 5.69 Å². The molecule has 0 N–H and O–H groups in total. The Balaban J connectivity index is 1.19. The van der Waals surface area contributed by atoms with Gasteiger partial charge < -0.3 is 4.90 Å². The van der Waals surface area contributed by atoms with Crippen molar-refractivity contribution in [2.24, 2.45) is 0 Å². The van der Waals surface area contributed by atoms with E-state index in [1.807, 2.05) is 29.9 Å². The Bertz CT molecular complexity index is 887. The molecule has 0 radical (unpaired) electrons. The zero-order valence-corrected chi connectivity index (χ0v) is 17.3. The summed E-state index contributed by atoms with van der Waals surface area (Å²) in [6, 6.07) is 4.61. The van der Waals surface area contributed by atoms with E-state index >= 15 is 0 Å². The number of hydrogen-bond acceptors (Lipinski definition) is 5. The topological polar surface area (TPSA) is 57.5 Å². The van der Waals surface area contributed by atoms with Crippen LogP contribution in [0.2, 0.25) is 0 Å². The smallest absolute Gasteiger partial charge is 0.236 e. The Labute approximate surface area is 172 Å². The van der Waals surface area contributed by atoms with E-state index < -0.39 is 0 Å². The highest BCUT2D eigenvalue weighted by Crippen LogP contribution is 2.22. The van der Waals surface area contributed by atoms with Gasteiger partial charge in [-0.3, -0.25) is 19.6 Å². The second-order valence-electron chi connectivity index (χ2n) is 8.69. The third-order valence-corrected chi connectivity index (χ3v) is 6.61. The summed E-state index contributed by atoms with van der Waals surface area (Å²) < 4.78 is 1.95. The monoisotopic (exact) mass is 394 g/mol. The van der Waals surface area contributed by atoms with Crippen molar-refractivity contribution in [1.82, 2.24) is 29.5 Å². The summed E-state index contributed by atoms with van der Waals surface area (Å²) in [5, 5.41) is 4.77. The van der Waals surface area contributed by atoms with Gasteiger partial charge in [0, 0.05) is 62.3 Å². The number of fused-ring (bicyclic) bond motifs is 1. The zero-order valence-electron chi connectivity index (χ0n) is 17.3. The van der Waals surface area contributed by atoms with Crippen LogP contribution in [0.4, 0.5) is 0 Å². The van der Waals surface area contributed by atoms with Gasteiger partial charge in [0.15, 0.2) is 0 Å². The molecule has 7 nitrogen and oxygen atoms in total.